The van der Waals surface area contributed by atoms with Crippen molar-refractivity contribution in [2.75, 3.05) is 31.2 Å². The molecule has 2 fully saturated rings. The van der Waals surface area contributed by atoms with Crippen molar-refractivity contribution in [2.24, 2.45) is 0 Å². The standard InChI is InChI=1S/C23H23F3IN3O3/c1-13-9-18(33-29-13)19-14(2)16-10-15(12-23(24,25)26)11-17(27)20(16)28-21(19)30-5-3-22(4-6-30)31-7-8-32-22/h9-11H,3-8,12H2,1-2H3. The number of rotatable bonds is 3. The summed E-state index contributed by atoms with van der Waals surface area (Å²) in [5, 5.41) is 4.72. The van der Waals surface area contributed by atoms with Crippen LogP contribution in [0.25, 0.3) is 22.2 Å². The minimum Gasteiger partial charge on any atom is -0.356 e. The van der Waals surface area contributed by atoms with E-state index in [0.29, 0.717) is 59.4 Å². The predicted octanol–water partition coefficient (Wildman–Crippen LogP) is 5.56. The van der Waals surface area contributed by atoms with Crippen LogP contribution < -0.4 is 4.90 Å². The Bertz CT molecular complexity index is 1200. The van der Waals surface area contributed by atoms with Gasteiger partial charge in [0.15, 0.2) is 11.5 Å². The molecule has 0 radical (unpaired) electrons. The maximum Gasteiger partial charge on any atom is 0.393 e. The minimum atomic E-state index is -4.28. The van der Waals surface area contributed by atoms with Gasteiger partial charge in [-0.2, -0.15) is 13.2 Å². The highest BCUT2D eigenvalue weighted by atomic mass is 127. The topological polar surface area (TPSA) is 60.6 Å². The summed E-state index contributed by atoms with van der Waals surface area (Å²) in [6.07, 6.45) is -3.84. The Balaban J connectivity index is 1.63. The molecule has 6 nitrogen and oxygen atoms in total. The predicted molar refractivity (Wildman–Crippen MR) is 125 cm³/mol. The highest BCUT2D eigenvalue weighted by molar-refractivity contribution is 14.1. The van der Waals surface area contributed by atoms with E-state index < -0.39 is 18.4 Å². The van der Waals surface area contributed by atoms with E-state index in [0.717, 1.165) is 22.6 Å². The van der Waals surface area contributed by atoms with Crippen LogP contribution in [0.2, 0.25) is 0 Å². The number of halogens is 4. The number of piperidine rings is 1. The third-order valence-corrected chi connectivity index (χ3v) is 7.08. The number of alkyl halides is 3. The van der Waals surface area contributed by atoms with Crippen molar-refractivity contribution in [1.82, 2.24) is 10.1 Å². The number of fused-ring (bicyclic) bond motifs is 1. The third kappa shape index (κ3) is 4.44. The van der Waals surface area contributed by atoms with Gasteiger partial charge in [0, 0.05) is 41.0 Å². The zero-order valence-corrected chi connectivity index (χ0v) is 20.4. The highest BCUT2D eigenvalue weighted by Crippen LogP contribution is 2.41. The SMILES string of the molecule is Cc1cc(-c2c(N3CCC4(CC3)OCCO4)nc3c(I)cc(CC(F)(F)F)cc3c2C)on1. The number of pyridine rings is 1. The van der Waals surface area contributed by atoms with Gasteiger partial charge < -0.3 is 18.9 Å². The van der Waals surface area contributed by atoms with Crippen molar-refractivity contribution < 1.29 is 27.2 Å². The molecule has 4 heterocycles. The molecular formula is C23H23F3IN3O3. The highest BCUT2D eigenvalue weighted by Gasteiger charge is 2.41. The fourth-order valence-corrected chi connectivity index (χ4v) is 5.51. The quantitative estimate of drug-likeness (QED) is 0.383. The molecule has 2 aromatic heterocycles. The summed E-state index contributed by atoms with van der Waals surface area (Å²) in [4.78, 5) is 7.14. The molecule has 0 unspecified atom stereocenters. The van der Waals surface area contributed by atoms with Crippen LogP contribution in [-0.2, 0) is 15.9 Å². The van der Waals surface area contributed by atoms with E-state index in [-0.39, 0.29) is 5.56 Å². The zero-order chi connectivity index (χ0) is 23.4. The average Bonchev–Trinajstić information content (AvgIpc) is 3.37. The summed E-state index contributed by atoms with van der Waals surface area (Å²) in [6, 6.07) is 4.99. The lowest BCUT2D eigenvalue weighted by Crippen LogP contribution is -2.45. The molecule has 1 aromatic carbocycles. The van der Waals surface area contributed by atoms with Gasteiger partial charge in [-0.1, -0.05) is 5.16 Å². The minimum absolute atomic E-state index is 0.215. The van der Waals surface area contributed by atoms with Crippen LogP contribution in [0.1, 0.15) is 29.7 Å². The summed E-state index contributed by atoms with van der Waals surface area (Å²) in [6.45, 7) is 6.31. The monoisotopic (exact) mass is 573 g/mol. The van der Waals surface area contributed by atoms with Crippen molar-refractivity contribution in [3.8, 4) is 11.3 Å². The van der Waals surface area contributed by atoms with Crippen LogP contribution in [0.5, 0.6) is 0 Å². The lowest BCUT2D eigenvalue weighted by molar-refractivity contribution is -0.169. The molecule has 0 atom stereocenters. The molecule has 10 heteroatoms. The van der Waals surface area contributed by atoms with Crippen molar-refractivity contribution in [3.63, 3.8) is 0 Å². The Kier molecular flexibility index (Phi) is 5.81. The van der Waals surface area contributed by atoms with E-state index in [1.807, 2.05) is 19.9 Å². The summed E-state index contributed by atoms with van der Waals surface area (Å²) >= 11 is 2.07. The Morgan fingerprint density at radius 2 is 1.79 bits per heavy atom. The van der Waals surface area contributed by atoms with Crippen LogP contribution in [0.3, 0.4) is 0 Å². The maximum absolute atomic E-state index is 13.1. The number of hydrogen-bond donors (Lipinski definition) is 0. The van der Waals surface area contributed by atoms with Gasteiger partial charge in [0.25, 0.3) is 0 Å². The van der Waals surface area contributed by atoms with Crippen LogP contribution in [0.4, 0.5) is 19.0 Å². The molecule has 2 aliphatic heterocycles. The smallest absolute Gasteiger partial charge is 0.356 e. The molecule has 0 N–H and O–H groups in total. The molecule has 3 aromatic rings. The van der Waals surface area contributed by atoms with E-state index in [9.17, 15) is 13.2 Å². The van der Waals surface area contributed by atoms with Gasteiger partial charge in [0.2, 0.25) is 0 Å². The second-order valence-electron chi connectivity index (χ2n) is 8.63. The van der Waals surface area contributed by atoms with E-state index in [2.05, 4.69) is 32.6 Å². The Morgan fingerprint density at radius 3 is 2.39 bits per heavy atom. The molecule has 0 amide bonds. The molecule has 0 bridgehead atoms. The first-order chi connectivity index (χ1) is 15.6. The zero-order valence-electron chi connectivity index (χ0n) is 18.3. The average molecular weight is 573 g/mol. The fraction of sp³-hybridized carbons (Fsp3) is 0.478. The molecule has 33 heavy (non-hydrogen) atoms. The van der Waals surface area contributed by atoms with Crippen molar-refractivity contribution >= 4 is 39.3 Å². The van der Waals surface area contributed by atoms with E-state index in [1.54, 1.807) is 12.1 Å². The molecule has 0 saturated carbocycles. The second-order valence-corrected chi connectivity index (χ2v) is 9.79. The van der Waals surface area contributed by atoms with Crippen LogP contribution >= 0.6 is 22.6 Å². The number of aryl methyl sites for hydroxylation is 2. The van der Waals surface area contributed by atoms with Gasteiger partial charge in [0.05, 0.1) is 36.4 Å². The third-order valence-electron chi connectivity index (χ3n) is 6.26. The molecular weight excluding hydrogens is 550 g/mol. The fourth-order valence-electron chi connectivity index (χ4n) is 4.70. The van der Waals surface area contributed by atoms with Gasteiger partial charge in [-0.05, 0) is 59.7 Å². The normalized spacial score (nSPS) is 18.5. The lowest BCUT2D eigenvalue weighted by atomic mass is 9.97. The van der Waals surface area contributed by atoms with Crippen LogP contribution in [0, 0.1) is 17.4 Å². The molecule has 1 spiro atoms. The molecule has 2 saturated heterocycles. The summed E-state index contributed by atoms with van der Waals surface area (Å²) in [5.41, 5.74) is 3.20. The lowest BCUT2D eigenvalue weighted by Gasteiger charge is -2.39. The Labute approximate surface area is 202 Å². The van der Waals surface area contributed by atoms with E-state index in [4.69, 9.17) is 19.0 Å². The summed E-state index contributed by atoms with van der Waals surface area (Å²) < 4.78 is 57.3. The number of nitrogens with zero attached hydrogens (tertiary/aromatic N) is 3. The number of hydrogen-bond acceptors (Lipinski definition) is 6. The van der Waals surface area contributed by atoms with Crippen molar-refractivity contribution in [2.45, 2.75) is 45.1 Å². The number of aromatic nitrogens is 2. The van der Waals surface area contributed by atoms with Crippen LogP contribution in [0.15, 0.2) is 22.7 Å². The Morgan fingerprint density at radius 1 is 1.09 bits per heavy atom. The first-order valence-corrected chi connectivity index (χ1v) is 11.9. The number of anilines is 1. The van der Waals surface area contributed by atoms with Crippen molar-refractivity contribution in [1.29, 1.82) is 0 Å². The maximum atomic E-state index is 13.1. The van der Waals surface area contributed by atoms with E-state index >= 15 is 0 Å². The molecule has 5 rings (SSSR count). The Hall–Kier alpha value is -1.92. The van der Waals surface area contributed by atoms with Gasteiger partial charge in [0.1, 0.15) is 5.82 Å². The van der Waals surface area contributed by atoms with Gasteiger partial charge >= 0.3 is 6.18 Å². The van der Waals surface area contributed by atoms with Crippen LogP contribution in [-0.4, -0.2) is 48.4 Å². The van der Waals surface area contributed by atoms with Crippen molar-refractivity contribution in [3.05, 3.63) is 38.6 Å². The molecule has 2 aliphatic rings. The summed E-state index contributed by atoms with van der Waals surface area (Å²) in [7, 11) is 0. The number of benzene rings is 1. The summed E-state index contributed by atoms with van der Waals surface area (Å²) in [5.74, 6) is 0.775. The van der Waals surface area contributed by atoms with Gasteiger partial charge in [-0.3, -0.25) is 0 Å². The molecule has 176 valence electrons. The first-order valence-electron chi connectivity index (χ1n) is 10.8. The van der Waals surface area contributed by atoms with Gasteiger partial charge in [-0.25, -0.2) is 4.98 Å². The second kappa shape index (κ2) is 8.38. The number of ether oxygens (including phenoxy) is 2. The van der Waals surface area contributed by atoms with E-state index in [1.165, 1.54) is 0 Å². The van der Waals surface area contributed by atoms with Gasteiger partial charge in [-0.15, -0.1) is 0 Å². The molecule has 0 aliphatic carbocycles. The largest absolute Gasteiger partial charge is 0.393 e. The first kappa shape index (κ1) is 22.9.